The molecule has 0 spiro atoms. The van der Waals surface area contributed by atoms with Crippen LogP contribution in [0.4, 0.5) is 0 Å². The van der Waals surface area contributed by atoms with E-state index in [1.165, 1.54) is 6.07 Å². The lowest BCUT2D eigenvalue weighted by Gasteiger charge is -2.29. The second-order valence-corrected chi connectivity index (χ2v) is 9.46. The van der Waals surface area contributed by atoms with Crippen molar-refractivity contribution in [2.75, 3.05) is 0 Å². The molecule has 132 valence electrons. The van der Waals surface area contributed by atoms with Crippen LogP contribution in [-0.4, -0.2) is 31.8 Å². The Labute approximate surface area is 145 Å². The molecule has 1 aliphatic rings. The molecule has 1 fully saturated rings. The zero-order chi connectivity index (χ0) is 18.1. The Balaban J connectivity index is 2.68. The van der Waals surface area contributed by atoms with E-state index in [0.29, 0.717) is 18.4 Å². The van der Waals surface area contributed by atoms with Gasteiger partial charge in [-0.25, -0.2) is 12.6 Å². The Morgan fingerprint density at radius 2 is 1.75 bits per heavy atom. The summed E-state index contributed by atoms with van der Waals surface area (Å²) in [7, 11) is -4.18. The SMILES string of the molecule is Cc1ccc(S(=O)(=O)C(=[N+]=[N-])C2(S(=O)O)CCCCC2)c(C)c1C. The highest BCUT2D eigenvalue weighted by molar-refractivity contribution is 8.08. The number of nitrogens with zero attached hydrogens (tertiary/aromatic N) is 2. The van der Waals surface area contributed by atoms with Crippen molar-refractivity contribution in [1.82, 2.24) is 0 Å². The van der Waals surface area contributed by atoms with Gasteiger partial charge in [0.05, 0.1) is 4.90 Å². The summed E-state index contributed by atoms with van der Waals surface area (Å²) < 4.78 is 46.5. The predicted octanol–water partition coefficient (Wildman–Crippen LogP) is 2.94. The molecule has 0 bridgehead atoms. The molecule has 6 nitrogen and oxygen atoms in total. The van der Waals surface area contributed by atoms with Crippen molar-refractivity contribution in [1.29, 1.82) is 0 Å². The number of sulfone groups is 1. The fourth-order valence-electron chi connectivity index (χ4n) is 3.30. The standard InChI is InChI=1S/C16H22N2O4S2/c1-11-7-8-14(13(3)12(11)2)24(21,22)15(18-17)16(23(19)20)9-5-4-6-10-16/h7-8H,4-6,9-10H2,1-3H3,(H,19,20). The molecular formula is C16H22N2O4S2. The summed E-state index contributed by atoms with van der Waals surface area (Å²) in [5.41, 5.74) is 11.8. The summed E-state index contributed by atoms with van der Waals surface area (Å²) in [6.45, 7) is 5.39. The number of hydrogen-bond acceptors (Lipinski definition) is 3. The van der Waals surface area contributed by atoms with Crippen molar-refractivity contribution in [2.45, 2.75) is 62.5 Å². The van der Waals surface area contributed by atoms with E-state index in [2.05, 4.69) is 4.79 Å². The summed E-state index contributed by atoms with van der Waals surface area (Å²) in [5.74, 6) is 0. The highest BCUT2D eigenvalue weighted by Gasteiger charge is 2.56. The van der Waals surface area contributed by atoms with Crippen LogP contribution in [0.1, 0.15) is 48.8 Å². The zero-order valence-electron chi connectivity index (χ0n) is 14.1. The molecule has 2 rings (SSSR count). The van der Waals surface area contributed by atoms with Gasteiger partial charge >= 0.3 is 5.04 Å². The van der Waals surface area contributed by atoms with Crippen LogP contribution in [-0.2, 0) is 20.9 Å². The lowest BCUT2D eigenvalue weighted by Crippen LogP contribution is -2.48. The van der Waals surface area contributed by atoms with Crippen molar-refractivity contribution in [3.05, 3.63) is 34.4 Å². The van der Waals surface area contributed by atoms with Crippen molar-refractivity contribution >= 4 is 26.0 Å². The minimum atomic E-state index is -4.18. The minimum absolute atomic E-state index is 0.0220. The first kappa shape index (κ1) is 19.0. The van der Waals surface area contributed by atoms with E-state index in [1.807, 2.05) is 13.8 Å². The van der Waals surface area contributed by atoms with Gasteiger partial charge in [0.15, 0.2) is 15.8 Å². The van der Waals surface area contributed by atoms with Crippen LogP contribution in [0.2, 0.25) is 0 Å². The van der Waals surface area contributed by atoms with Crippen LogP contribution >= 0.6 is 0 Å². The van der Waals surface area contributed by atoms with Gasteiger partial charge in [0, 0.05) is 0 Å². The normalized spacial score (nSPS) is 18.7. The van der Waals surface area contributed by atoms with Crippen LogP contribution in [0.5, 0.6) is 0 Å². The zero-order valence-corrected chi connectivity index (χ0v) is 15.7. The van der Waals surface area contributed by atoms with E-state index >= 15 is 0 Å². The molecule has 0 aromatic heterocycles. The third-order valence-electron chi connectivity index (χ3n) is 5.03. The summed E-state index contributed by atoms with van der Waals surface area (Å²) in [5, 5.41) is -0.595. The molecule has 0 aliphatic heterocycles. The topological polar surface area (TPSA) is 108 Å². The molecule has 1 unspecified atom stereocenters. The maximum atomic E-state index is 13.1. The summed E-state index contributed by atoms with van der Waals surface area (Å²) in [6.07, 6.45) is 2.51. The Bertz CT molecular complexity index is 834. The number of rotatable bonds is 3. The van der Waals surface area contributed by atoms with Crippen molar-refractivity contribution in [2.24, 2.45) is 0 Å². The summed E-state index contributed by atoms with van der Waals surface area (Å²) in [6, 6.07) is 3.16. The minimum Gasteiger partial charge on any atom is -0.360 e. The van der Waals surface area contributed by atoms with Crippen LogP contribution < -0.4 is 0 Å². The fourth-order valence-corrected chi connectivity index (χ4v) is 6.49. The fraction of sp³-hybridized carbons (Fsp3) is 0.562. The van der Waals surface area contributed by atoms with Gasteiger partial charge < -0.3 is 10.1 Å². The molecule has 8 heteroatoms. The summed E-state index contributed by atoms with van der Waals surface area (Å²) in [4.78, 5) is 3.04. The molecule has 0 amide bonds. The average Bonchev–Trinajstić information content (AvgIpc) is 2.53. The molecule has 0 saturated heterocycles. The average molecular weight is 370 g/mol. The van der Waals surface area contributed by atoms with Crippen LogP contribution in [0.25, 0.3) is 5.53 Å². The van der Waals surface area contributed by atoms with Gasteiger partial charge in [-0.05, 0) is 56.4 Å². The van der Waals surface area contributed by atoms with Crippen LogP contribution in [0, 0.1) is 20.8 Å². The van der Waals surface area contributed by atoms with Gasteiger partial charge in [0.2, 0.25) is 0 Å². The molecule has 24 heavy (non-hydrogen) atoms. The second kappa shape index (κ2) is 6.88. The molecule has 1 aliphatic carbocycles. The maximum absolute atomic E-state index is 13.1. The van der Waals surface area contributed by atoms with E-state index < -0.39 is 30.7 Å². The highest BCUT2D eigenvalue weighted by atomic mass is 32.2. The van der Waals surface area contributed by atoms with Gasteiger partial charge in [-0.3, -0.25) is 0 Å². The van der Waals surface area contributed by atoms with E-state index in [1.54, 1.807) is 13.0 Å². The monoisotopic (exact) mass is 370 g/mol. The number of benzene rings is 1. The predicted molar refractivity (Wildman–Crippen MR) is 93.1 cm³/mol. The Morgan fingerprint density at radius 1 is 1.17 bits per heavy atom. The molecule has 1 N–H and O–H groups in total. The van der Waals surface area contributed by atoms with Crippen LogP contribution in [0.15, 0.2) is 17.0 Å². The van der Waals surface area contributed by atoms with Crippen molar-refractivity contribution < 1.29 is 22.0 Å². The van der Waals surface area contributed by atoms with Crippen LogP contribution in [0.3, 0.4) is 0 Å². The smallest absolute Gasteiger partial charge is 0.360 e. The van der Waals surface area contributed by atoms with Gasteiger partial charge in [-0.1, -0.05) is 25.3 Å². The molecule has 1 aromatic carbocycles. The quantitative estimate of drug-likeness (QED) is 0.290. The second-order valence-electron chi connectivity index (χ2n) is 6.34. The third-order valence-corrected chi connectivity index (χ3v) is 8.43. The Kier molecular flexibility index (Phi) is 5.44. The van der Waals surface area contributed by atoms with Gasteiger partial charge in [0.25, 0.3) is 9.84 Å². The maximum Gasteiger partial charge on any atom is 0.406 e. The Morgan fingerprint density at radius 3 is 2.25 bits per heavy atom. The number of hydrogen-bond donors (Lipinski definition) is 1. The van der Waals surface area contributed by atoms with Crippen molar-refractivity contribution in [3.8, 4) is 0 Å². The molecule has 1 saturated carbocycles. The molecule has 1 aromatic rings. The molecule has 1 atom stereocenters. The first-order chi connectivity index (χ1) is 11.2. The largest absolute Gasteiger partial charge is 0.406 e. The van der Waals surface area contributed by atoms with Gasteiger partial charge in [-0.2, -0.15) is 4.79 Å². The van der Waals surface area contributed by atoms with E-state index in [-0.39, 0.29) is 17.7 Å². The van der Waals surface area contributed by atoms with Gasteiger partial charge in [-0.15, -0.1) is 0 Å². The third kappa shape index (κ3) is 2.99. The lowest BCUT2D eigenvalue weighted by molar-refractivity contribution is -0.00757. The summed E-state index contributed by atoms with van der Waals surface area (Å²) >= 11 is -2.45. The van der Waals surface area contributed by atoms with Gasteiger partial charge in [0.1, 0.15) is 0 Å². The van der Waals surface area contributed by atoms with E-state index in [0.717, 1.165) is 17.5 Å². The Hall–Kier alpha value is -1.34. The molecular weight excluding hydrogens is 348 g/mol. The first-order valence-corrected chi connectivity index (χ1v) is 10.4. The lowest BCUT2D eigenvalue weighted by atomic mass is 9.89. The van der Waals surface area contributed by atoms with E-state index in [4.69, 9.17) is 0 Å². The van der Waals surface area contributed by atoms with E-state index in [9.17, 15) is 22.7 Å². The molecule has 0 radical (unpaired) electrons. The molecule has 0 heterocycles. The highest BCUT2D eigenvalue weighted by Crippen LogP contribution is 2.37. The first-order valence-electron chi connectivity index (χ1n) is 7.84. The number of aryl methyl sites for hydroxylation is 1. The van der Waals surface area contributed by atoms with Crippen molar-refractivity contribution in [3.63, 3.8) is 0 Å².